The highest BCUT2D eigenvalue weighted by Crippen LogP contribution is 2.26. The van der Waals surface area contributed by atoms with Crippen molar-refractivity contribution in [2.24, 2.45) is 0 Å². The maximum atomic E-state index is 11.8. The second-order valence-electron chi connectivity index (χ2n) is 5.05. The zero-order valence-electron chi connectivity index (χ0n) is 13.5. The number of aromatic nitrogens is 2. The van der Waals surface area contributed by atoms with E-state index in [2.05, 4.69) is 9.36 Å². The molecule has 0 saturated carbocycles. The maximum Gasteiger partial charge on any atom is 0.316 e. The average molecular weight is 372 g/mol. The second kappa shape index (κ2) is 8.64. The van der Waals surface area contributed by atoms with Gasteiger partial charge in [0.25, 0.3) is 0 Å². The molecule has 0 fully saturated rings. The van der Waals surface area contributed by atoms with Crippen LogP contribution < -0.4 is 4.74 Å². The Balaban J connectivity index is 1.50. The zero-order chi connectivity index (χ0) is 17.5. The summed E-state index contributed by atoms with van der Waals surface area (Å²) < 4.78 is 15.5. The topological polar surface area (TPSA) is 61.3 Å². The summed E-state index contributed by atoms with van der Waals surface area (Å²) in [5.41, 5.74) is 1.88. The summed E-state index contributed by atoms with van der Waals surface area (Å²) in [5, 5.41) is 0. The van der Waals surface area contributed by atoms with Crippen molar-refractivity contribution >= 4 is 29.3 Å². The van der Waals surface area contributed by atoms with Crippen molar-refractivity contribution in [1.82, 2.24) is 9.36 Å². The number of esters is 1. The Morgan fingerprint density at radius 2 is 1.88 bits per heavy atom. The number of benzene rings is 2. The van der Waals surface area contributed by atoms with E-state index in [1.807, 2.05) is 54.6 Å². The minimum atomic E-state index is -0.268. The van der Waals surface area contributed by atoms with Crippen LogP contribution in [0.15, 0.2) is 58.9 Å². The van der Waals surface area contributed by atoms with Crippen LogP contribution in [0.3, 0.4) is 0 Å². The summed E-state index contributed by atoms with van der Waals surface area (Å²) in [6.45, 7) is 0.285. The van der Waals surface area contributed by atoms with Crippen molar-refractivity contribution < 1.29 is 14.3 Å². The van der Waals surface area contributed by atoms with Gasteiger partial charge in [-0.15, -0.1) is 0 Å². The van der Waals surface area contributed by atoms with Crippen LogP contribution in [0.4, 0.5) is 0 Å². The molecule has 0 aliphatic carbocycles. The molecule has 3 aromatic rings. The summed E-state index contributed by atoms with van der Waals surface area (Å²) in [7, 11) is 1.63. The highest BCUT2D eigenvalue weighted by atomic mass is 32.2. The monoisotopic (exact) mass is 372 g/mol. The Labute approximate surface area is 154 Å². The summed E-state index contributed by atoms with van der Waals surface area (Å²) in [6, 6.07) is 17.1. The lowest BCUT2D eigenvalue weighted by Gasteiger charge is -2.03. The molecule has 0 atom stereocenters. The first-order valence-electron chi connectivity index (χ1n) is 7.55. The molecule has 1 aromatic heterocycles. The first-order valence-corrected chi connectivity index (χ1v) is 9.31. The van der Waals surface area contributed by atoms with Gasteiger partial charge in [0.05, 0.1) is 12.9 Å². The molecule has 0 amide bonds. The van der Waals surface area contributed by atoms with Crippen molar-refractivity contribution in [2.45, 2.75) is 10.9 Å². The van der Waals surface area contributed by atoms with Gasteiger partial charge in [-0.2, -0.15) is 4.37 Å². The van der Waals surface area contributed by atoms with Crippen LogP contribution in [-0.2, 0) is 16.1 Å². The van der Waals surface area contributed by atoms with Gasteiger partial charge in [-0.25, -0.2) is 4.98 Å². The lowest BCUT2D eigenvalue weighted by Crippen LogP contribution is -2.07. The van der Waals surface area contributed by atoms with Crippen LogP contribution in [0, 0.1) is 0 Å². The number of methoxy groups -OCH3 is 1. The maximum absolute atomic E-state index is 11.8. The number of thioether (sulfide) groups is 1. The van der Waals surface area contributed by atoms with E-state index in [0.29, 0.717) is 5.82 Å². The molecular weight excluding hydrogens is 356 g/mol. The molecule has 128 valence electrons. The quantitative estimate of drug-likeness (QED) is 0.461. The molecule has 0 aliphatic rings. The van der Waals surface area contributed by atoms with E-state index in [0.717, 1.165) is 21.2 Å². The smallest absolute Gasteiger partial charge is 0.316 e. The number of rotatable bonds is 7. The Kier molecular flexibility index (Phi) is 6.03. The van der Waals surface area contributed by atoms with Gasteiger partial charge in [-0.3, -0.25) is 4.79 Å². The number of carbonyl (C=O) groups is 1. The van der Waals surface area contributed by atoms with Gasteiger partial charge in [0.2, 0.25) is 0 Å². The van der Waals surface area contributed by atoms with E-state index in [1.165, 1.54) is 23.3 Å². The van der Waals surface area contributed by atoms with E-state index in [-0.39, 0.29) is 18.3 Å². The van der Waals surface area contributed by atoms with Gasteiger partial charge in [0, 0.05) is 5.56 Å². The molecule has 0 bridgehead atoms. The predicted molar refractivity (Wildman–Crippen MR) is 98.9 cm³/mol. The number of ether oxygens (including phenoxy) is 2. The molecule has 7 heteroatoms. The van der Waals surface area contributed by atoms with E-state index in [1.54, 1.807) is 7.11 Å². The Hall–Kier alpha value is -2.38. The number of hydrogen-bond donors (Lipinski definition) is 0. The summed E-state index contributed by atoms with van der Waals surface area (Å²) in [6.07, 6.45) is 0. The third-order valence-corrected chi connectivity index (χ3v) is 5.12. The second-order valence-corrected chi connectivity index (χ2v) is 7.02. The van der Waals surface area contributed by atoms with Gasteiger partial charge in [0.15, 0.2) is 10.2 Å². The minimum Gasteiger partial charge on any atom is -0.497 e. The minimum absolute atomic E-state index is 0.212. The highest BCUT2D eigenvalue weighted by Gasteiger charge is 2.10. The summed E-state index contributed by atoms with van der Waals surface area (Å²) >= 11 is 2.61. The molecule has 0 radical (unpaired) electrons. The SMILES string of the molecule is COc1ccc(-c2nsc(SCC(=O)OCc3ccccc3)n2)cc1. The fourth-order valence-electron chi connectivity index (χ4n) is 2.03. The normalized spacial score (nSPS) is 10.4. The van der Waals surface area contributed by atoms with Crippen molar-refractivity contribution in [1.29, 1.82) is 0 Å². The average Bonchev–Trinajstić information content (AvgIpc) is 3.14. The number of carbonyl (C=O) groups excluding carboxylic acids is 1. The highest BCUT2D eigenvalue weighted by molar-refractivity contribution is 8.01. The Morgan fingerprint density at radius 1 is 1.12 bits per heavy atom. The van der Waals surface area contributed by atoms with Crippen LogP contribution in [0.5, 0.6) is 5.75 Å². The van der Waals surface area contributed by atoms with Gasteiger partial charge in [0.1, 0.15) is 12.4 Å². The molecule has 25 heavy (non-hydrogen) atoms. The lowest BCUT2D eigenvalue weighted by atomic mass is 10.2. The van der Waals surface area contributed by atoms with Crippen LogP contribution in [-0.4, -0.2) is 28.2 Å². The molecule has 0 spiro atoms. The molecule has 5 nitrogen and oxygen atoms in total. The fraction of sp³-hybridized carbons (Fsp3) is 0.167. The zero-order valence-corrected chi connectivity index (χ0v) is 15.2. The third kappa shape index (κ3) is 5.04. The van der Waals surface area contributed by atoms with Gasteiger partial charge in [-0.05, 0) is 41.4 Å². The van der Waals surface area contributed by atoms with Crippen molar-refractivity contribution in [2.75, 3.05) is 12.9 Å². The van der Waals surface area contributed by atoms with E-state index >= 15 is 0 Å². The van der Waals surface area contributed by atoms with E-state index in [9.17, 15) is 4.79 Å². The molecule has 2 aromatic carbocycles. The summed E-state index contributed by atoms with van der Waals surface area (Å²) in [4.78, 5) is 16.3. The molecule has 0 unspecified atom stereocenters. The van der Waals surface area contributed by atoms with Crippen molar-refractivity contribution in [3.63, 3.8) is 0 Å². The summed E-state index contributed by atoms with van der Waals surface area (Å²) in [5.74, 6) is 1.38. The van der Waals surface area contributed by atoms with Crippen molar-refractivity contribution in [3.05, 3.63) is 60.2 Å². The number of nitrogens with zero attached hydrogens (tertiary/aromatic N) is 2. The van der Waals surface area contributed by atoms with Gasteiger partial charge >= 0.3 is 5.97 Å². The predicted octanol–water partition coefficient (Wildman–Crippen LogP) is 4.05. The first-order chi connectivity index (χ1) is 12.2. The molecule has 3 rings (SSSR count). The number of hydrogen-bond acceptors (Lipinski definition) is 7. The van der Waals surface area contributed by atoms with E-state index < -0.39 is 0 Å². The largest absolute Gasteiger partial charge is 0.497 e. The fourth-order valence-corrected chi connectivity index (χ4v) is 3.44. The molecular formula is C18H16N2O3S2. The third-order valence-electron chi connectivity index (χ3n) is 3.31. The lowest BCUT2D eigenvalue weighted by molar-refractivity contribution is -0.141. The van der Waals surface area contributed by atoms with Crippen LogP contribution in [0.25, 0.3) is 11.4 Å². The van der Waals surface area contributed by atoms with Gasteiger partial charge in [-0.1, -0.05) is 42.1 Å². The Bertz CT molecular complexity index is 820. The van der Waals surface area contributed by atoms with Crippen molar-refractivity contribution in [3.8, 4) is 17.1 Å². The van der Waals surface area contributed by atoms with Crippen LogP contribution >= 0.6 is 23.3 Å². The van der Waals surface area contributed by atoms with Crippen LogP contribution in [0.2, 0.25) is 0 Å². The molecule has 0 saturated heterocycles. The first kappa shape index (κ1) is 17.4. The molecule has 0 aliphatic heterocycles. The van der Waals surface area contributed by atoms with Crippen LogP contribution in [0.1, 0.15) is 5.56 Å². The standard InChI is InChI=1S/C18H16N2O3S2/c1-22-15-9-7-14(8-10-15)17-19-18(25-20-17)24-12-16(21)23-11-13-5-3-2-4-6-13/h2-10H,11-12H2,1H3. The Morgan fingerprint density at radius 3 is 2.60 bits per heavy atom. The van der Waals surface area contributed by atoms with E-state index in [4.69, 9.17) is 9.47 Å². The molecule has 0 N–H and O–H groups in total. The molecule has 1 heterocycles. The van der Waals surface area contributed by atoms with Gasteiger partial charge < -0.3 is 9.47 Å².